The van der Waals surface area contributed by atoms with Crippen molar-refractivity contribution in [2.45, 2.75) is 25.5 Å². The Morgan fingerprint density at radius 3 is 2.54 bits per heavy atom. The summed E-state index contributed by atoms with van der Waals surface area (Å²) in [6.07, 6.45) is -1.13. The van der Waals surface area contributed by atoms with Crippen molar-refractivity contribution in [3.05, 3.63) is 46.3 Å². The summed E-state index contributed by atoms with van der Waals surface area (Å²) in [6.45, 7) is -0.553. The third kappa shape index (κ3) is 8.31. The Kier molecular flexibility index (Phi) is 8.69. The Morgan fingerprint density at radius 1 is 1.23 bits per heavy atom. The minimum Gasteiger partial charge on any atom is -0.445 e. The number of alkyl carbamates (subject to hydrolysis) is 1. The predicted molar refractivity (Wildman–Crippen MR) is 89.1 cm³/mol. The van der Waals surface area contributed by atoms with E-state index >= 15 is 0 Å². The Hall–Kier alpha value is -3.59. The van der Waals surface area contributed by atoms with Gasteiger partial charge in [0.2, 0.25) is 17.7 Å². The highest BCUT2D eigenvalue weighted by Gasteiger charge is 2.22. The van der Waals surface area contributed by atoms with E-state index in [0.29, 0.717) is 0 Å². The number of rotatable bonds is 9. The van der Waals surface area contributed by atoms with Gasteiger partial charge >= 0.3 is 6.09 Å². The second-order valence-electron chi connectivity index (χ2n) is 5.06. The van der Waals surface area contributed by atoms with Gasteiger partial charge in [0.05, 0.1) is 6.54 Å². The molecule has 0 saturated carbocycles. The average Bonchev–Trinajstić information content (AvgIpc) is 2.62. The molecular weight excluding hydrogens is 344 g/mol. The fourth-order valence-corrected chi connectivity index (χ4v) is 1.83. The first-order valence-electron chi connectivity index (χ1n) is 7.53. The van der Waals surface area contributed by atoms with Crippen LogP contribution in [0.1, 0.15) is 18.4 Å². The molecule has 4 amide bonds. The lowest BCUT2D eigenvalue weighted by Crippen LogP contribution is -2.48. The van der Waals surface area contributed by atoms with Crippen molar-refractivity contribution in [3.63, 3.8) is 0 Å². The zero-order valence-corrected chi connectivity index (χ0v) is 13.8. The molecule has 26 heavy (non-hydrogen) atoms. The van der Waals surface area contributed by atoms with E-state index in [0.717, 1.165) is 5.56 Å². The van der Waals surface area contributed by atoms with Crippen molar-refractivity contribution < 1.29 is 23.9 Å². The van der Waals surface area contributed by atoms with E-state index in [9.17, 15) is 19.2 Å². The first kappa shape index (κ1) is 20.5. The Morgan fingerprint density at radius 2 is 1.92 bits per heavy atom. The van der Waals surface area contributed by atoms with Gasteiger partial charge in [0, 0.05) is 11.3 Å². The van der Waals surface area contributed by atoms with Crippen LogP contribution >= 0.6 is 0 Å². The maximum atomic E-state index is 12.1. The summed E-state index contributed by atoms with van der Waals surface area (Å²) >= 11 is 0. The molecule has 0 aliphatic heterocycles. The van der Waals surface area contributed by atoms with Crippen LogP contribution in [0, 0.1) is 0 Å². The molecule has 1 atom stereocenters. The number of carbonyl (C=O) groups excluding carboxylic acids is 4. The first-order valence-corrected chi connectivity index (χ1v) is 7.53. The zero-order chi connectivity index (χ0) is 19.4. The summed E-state index contributed by atoms with van der Waals surface area (Å²) in [5.74, 6) is -2.31. The molecule has 0 spiro atoms. The lowest BCUT2D eigenvalue weighted by molar-refractivity contribution is -0.126. The van der Waals surface area contributed by atoms with Crippen molar-refractivity contribution in [2.75, 3.05) is 6.54 Å². The minimum absolute atomic E-state index is 0.00774. The number of amides is 4. The standard InChI is InChI=1S/C15H18N6O5/c16-12(22)7-6-11(14(24)18-8-13(23)20-21-17)19-15(25)26-9-10-4-2-1-3-5-10/h1-5,11H,6-9H2,(H2,16,22)(H,18,24)(H,19,25)/t11-/m0/s1. The summed E-state index contributed by atoms with van der Waals surface area (Å²) in [7, 11) is 0. The highest BCUT2D eigenvalue weighted by atomic mass is 16.5. The number of nitrogens with two attached hydrogens (primary N) is 1. The van der Waals surface area contributed by atoms with Crippen LogP contribution in [0.15, 0.2) is 35.4 Å². The maximum Gasteiger partial charge on any atom is 0.408 e. The van der Waals surface area contributed by atoms with Crippen molar-refractivity contribution in [1.82, 2.24) is 10.6 Å². The largest absolute Gasteiger partial charge is 0.445 e. The third-order valence-corrected chi connectivity index (χ3v) is 3.07. The van der Waals surface area contributed by atoms with Crippen molar-refractivity contribution in [2.24, 2.45) is 10.8 Å². The molecule has 1 aromatic carbocycles. The number of benzene rings is 1. The number of hydrogen-bond donors (Lipinski definition) is 3. The molecule has 0 saturated heterocycles. The molecular formula is C15H18N6O5. The number of nitrogens with one attached hydrogen (secondary N) is 2. The average molecular weight is 362 g/mol. The summed E-state index contributed by atoms with van der Waals surface area (Å²) in [5, 5.41) is 7.29. The molecule has 1 rings (SSSR count). The molecule has 11 nitrogen and oxygen atoms in total. The van der Waals surface area contributed by atoms with Crippen LogP contribution in [0.25, 0.3) is 10.4 Å². The van der Waals surface area contributed by atoms with Crippen LogP contribution in [0.2, 0.25) is 0 Å². The number of primary amides is 1. The zero-order valence-electron chi connectivity index (χ0n) is 13.8. The molecule has 1 aromatic rings. The van der Waals surface area contributed by atoms with E-state index in [1.807, 2.05) is 6.07 Å². The lowest BCUT2D eigenvalue weighted by Gasteiger charge is -2.17. The van der Waals surface area contributed by atoms with Crippen LogP contribution in [0.4, 0.5) is 4.79 Å². The molecule has 4 N–H and O–H groups in total. The fraction of sp³-hybridized carbons (Fsp3) is 0.333. The number of nitrogens with zero attached hydrogens (tertiary/aromatic N) is 3. The van der Waals surface area contributed by atoms with Gasteiger partial charge in [0.15, 0.2) is 0 Å². The summed E-state index contributed by atoms with van der Waals surface area (Å²) < 4.78 is 5.00. The Bertz CT molecular complexity index is 702. The number of azide groups is 1. The van der Waals surface area contributed by atoms with E-state index in [1.54, 1.807) is 24.3 Å². The van der Waals surface area contributed by atoms with Crippen LogP contribution in [-0.2, 0) is 25.7 Å². The van der Waals surface area contributed by atoms with Crippen LogP contribution in [-0.4, -0.2) is 36.4 Å². The van der Waals surface area contributed by atoms with Crippen molar-refractivity contribution in [1.29, 1.82) is 0 Å². The van der Waals surface area contributed by atoms with Crippen molar-refractivity contribution >= 4 is 23.8 Å². The van der Waals surface area contributed by atoms with E-state index in [4.69, 9.17) is 16.0 Å². The third-order valence-electron chi connectivity index (χ3n) is 3.07. The van der Waals surface area contributed by atoms with Crippen molar-refractivity contribution in [3.8, 4) is 0 Å². The molecule has 0 heterocycles. The lowest BCUT2D eigenvalue weighted by atomic mass is 10.1. The van der Waals surface area contributed by atoms with Gasteiger partial charge in [-0.15, -0.1) is 0 Å². The SMILES string of the molecule is [N-]=[N+]=NC(=O)CNC(=O)[C@H](CCC(N)=O)NC(=O)OCc1ccccc1. The molecule has 0 fully saturated rings. The van der Waals surface area contributed by atoms with Gasteiger partial charge in [-0.25, -0.2) is 4.79 Å². The van der Waals surface area contributed by atoms with Gasteiger partial charge in [-0.1, -0.05) is 30.3 Å². The predicted octanol–water partition coefficient (Wildman–Crippen LogP) is 0.500. The van der Waals surface area contributed by atoms with E-state index in [-0.39, 0.29) is 19.4 Å². The first-order chi connectivity index (χ1) is 12.4. The highest BCUT2D eigenvalue weighted by molar-refractivity contribution is 5.90. The van der Waals surface area contributed by atoms with Gasteiger partial charge in [0.25, 0.3) is 0 Å². The number of hydrogen-bond acceptors (Lipinski definition) is 5. The van der Waals surface area contributed by atoms with Gasteiger partial charge in [-0.3, -0.25) is 14.4 Å². The molecule has 0 aromatic heterocycles. The molecule has 0 radical (unpaired) electrons. The number of carbonyl (C=O) groups is 4. The number of ether oxygens (including phenoxy) is 1. The molecule has 0 bridgehead atoms. The van der Waals surface area contributed by atoms with Crippen LogP contribution in [0.3, 0.4) is 0 Å². The van der Waals surface area contributed by atoms with E-state index in [1.165, 1.54) is 0 Å². The van der Waals surface area contributed by atoms with E-state index in [2.05, 4.69) is 20.7 Å². The van der Waals surface area contributed by atoms with E-state index < -0.39 is 36.4 Å². The molecule has 0 aliphatic rings. The van der Waals surface area contributed by atoms with Gasteiger partial charge < -0.3 is 21.1 Å². The molecule has 11 heteroatoms. The van der Waals surface area contributed by atoms with Gasteiger partial charge in [-0.2, -0.15) is 0 Å². The molecule has 138 valence electrons. The summed E-state index contributed by atoms with van der Waals surface area (Å²) in [6, 6.07) is 7.73. The second kappa shape index (κ2) is 11.0. The monoisotopic (exact) mass is 362 g/mol. The summed E-state index contributed by atoms with van der Waals surface area (Å²) in [4.78, 5) is 48.2. The molecule has 0 aliphatic carbocycles. The minimum atomic E-state index is -1.15. The summed E-state index contributed by atoms with van der Waals surface area (Å²) in [5.41, 5.74) is 13.9. The topological polar surface area (TPSA) is 176 Å². The fourth-order valence-electron chi connectivity index (χ4n) is 1.83. The van der Waals surface area contributed by atoms with Gasteiger partial charge in [-0.05, 0) is 22.6 Å². The smallest absolute Gasteiger partial charge is 0.408 e. The quantitative estimate of drug-likeness (QED) is 0.328. The van der Waals surface area contributed by atoms with Crippen LogP contribution < -0.4 is 16.4 Å². The maximum absolute atomic E-state index is 12.1. The van der Waals surface area contributed by atoms with Crippen LogP contribution in [0.5, 0.6) is 0 Å². The Balaban J connectivity index is 2.58. The normalized spacial score (nSPS) is 10.8. The van der Waals surface area contributed by atoms with Gasteiger partial charge in [0.1, 0.15) is 12.6 Å². The highest BCUT2D eigenvalue weighted by Crippen LogP contribution is 2.02. The Labute approximate surface area is 148 Å². The molecule has 0 unspecified atom stereocenters. The second-order valence-corrected chi connectivity index (χ2v) is 5.06.